The van der Waals surface area contributed by atoms with Crippen molar-refractivity contribution in [2.24, 2.45) is 12.0 Å². The molecular formula is C21H18N6O5S. The number of esters is 1. The molecule has 2 aromatic carbocycles. The van der Waals surface area contributed by atoms with E-state index in [1.165, 1.54) is 17.6 Å². The fraction of sp³-hybridized carbons (Fsp3) is 0.190. The lowest BCUT2D eigenvalue weighted by Gasteiger charge is -2.10. The van der Waals surface area contributed by atoms with Crippen LogP contribution in [0.4, 0.5) is 0 Å². The van der Waals surface area contributed by atoms with Crippen molar-refractivity contribution in [3.63, 3.8) is 0 Å². The van der Waals surface area contributed by atoms with Gasteiger partial charge in [-0.15, -0.1) is 10.2 Å². The first-order valence-electron chi connectivity index (χ1n) is 9.96. The molecule has 33 heavy (non-hydrogen) atoms. The first-order chi connectivity index (χ1) is 15.8. The Labute approximate surface area is 187 Å². The minimum absolute atomic E-state index is 0.0870. The summed E-state index contributed by atoms with van der Waals surface area (Å²) in [6.45, 7) is 1.30. The van der Waals surface area contributed by atoms with E-state index in [2.05, 4.69) is 19.9 Å². The summed E-state index contributed by atoms with van der Waals surface area (Å²) in [5.41, 5.74) is 0.780. The normalized spacial score (nSPS) is 16.6. The zero-order valence-electron chi connectivity index (χ0n) is 17.6. The van der Waals surface area contributed by atoms with Gasteiger partial charge >= 0.3 is 5.97 Å². The van der Waals surface area contributed by atoms with Crippen LogP contribution in [0.3, 0.4) is 0 Å². The van der Waals surface area contributed by atoms with Gasteiger partial charge in [0.25, 0.3) is 15.6 Å². The topological polar surface area (TPSA) is 137 Å². The van der Waals surface area contributed by atoms with Crippen LogP contribution in [0.25, 0.3) is 16.7 Å². The minimum atomic E-state index is -3.71. The van der Waals surface area contributed by atoms with Crippen molar-refractivity contribution in [1.82, 2.24) is 23.9 Å². The molecule has 1 atom stereocenters. The standard InChI is InChI=1S/C21H18N6O5S/c1-12(22-18-14-8-4-6-10-16(14)33(30,31)25-18)20(29)32-11-17-23-24-21-26(2)19(28)13-7-3-5-9-15(13)27(17)21/h3-10,12H,11H2,1-2H3,(H,22,25)/t12-/m0/s1. The molecule has 5 rings (SSSR count). The van der Waals surface area contributed by atoms with E-state index in [1.54, 1.807) is 53.9 Å². The maximum absolute atomic E-state index is 12.6. The average Bonchev–Trinajstić information content (AvgIpc) is 3.35. The van der Waals surface area contributed by atoms with Crippen LogP contribution < -0.4 is 10.3 Å². The molecule has 1 aliphatic rings. The van der Waals surface area contributed by atoms with E-state index in [9.17, 15) is 18.0 Å². The van der Waals surface area contributed by atoms with Gasteiger partial charge in [0.1, 0.15) is 11.9 Å². The first-order valence-corrected chi connectivity index (χ1v) is 11.4. The molecule has 1 aliphatic heterocycles. The number of aromatic nitrogens is 4. The Balaban J connectivity index is 1.41. The molecule has 12 heteroatoms. The summed E-state index contributed by atoms with van der Waals surface area (Å²) in [7, 11) is -2.12. The molecule has 4 aromatic rings. The average molecular weight is 466 g/mol. The lowest BCUT2D eigenvalue weighted by Crippen LogP contribution is -2.27. The highest BCUT2D eigenvalue weighted by molar-refractivity contribution is 7.90. The fourth-order valence-corrected chi connectivity index (χ4v) is 4.96. The monoisotopic (exact) mass is 466 g/mol. The Morgan fingerprint density at radius 2 is 1.88 bits per heavy atom. The Bertz CT molecular complexity index is 1640. The number of sulfonamides is 1. The van der Waals surface area contributed by atoms with Crippen LogP contribution in [0.2, 0.25) is 0 Å². The SMILES string of the molecule is C[C@H](N=C1NS(=O)(=O)c2ccccc21)C(=O)OCc1nnc2n(C)c(=O)c3ccccc3n12. The highest BCUT2D eigenvalue weighted by Gasteiger charge is 2.31. The van der Waals surface area contributed by atoms with E-state index in [0.717, 1.165) is 0 Å². The van der Waals surface area contributed by atoms with Gasteiger partial charge < -0.3 is 4.74 Å². The van der Waals surface area contributed by atoms with Crippen LogP contribution in [0, 0.1) is 0 Å². The molecule has 1 N–H and O–H groups in total. The van der Waals surface area contributed by atoms with Gasteiger partial charge in [-0.2, -0.15) is 0 Å². The number of amidine groups is 1. The summed E-state index contributed by atoms with van der Waals surface area (Å²) < 4.78 is 35.2. The van der Waals surface area contributed by atoms with Crippen LogP contribution in [0.1, 0.15) is 18.3 Å². The van der Waals surface area contributed by atoms with Gasteiger partial charge in [0.2, 0.25) is 5.78 Å². The van der Waals surface area contributed by atoms with Crippen molar-refractivity contribution >= 4 is 38.5 Å². The summed E-state index contributed by atoms with van der Waals surface area (Å²) >= 11 is 0. The van der Waals surface area contributed by atoms with Gasteiger partial charge in [-0.1, -0.05) is 24.3 Å². The second-order valence-electron chi connectivity index (χ2n) is 7.50. The molecule has 0 amide bonds. The second-order valence-corrected chi connectivity index (χ2v) is 9.15. The van der Waals surface area contributed by atoms with Crippen LogP contribution >= 0.6 is 0 Å². The summed E-state index contributed by atoms with van der Waals surface area (Å²) in [5.74, 6) is 0.0628. The van der Waals surface area contributed by atoms with Gasteiger partial charge in [-0.3, -0.25) is 23.5 Å². The Morgan fingerprint density at radius 1 is 1.15 bits per heavy atom. The van der Waals surface area contributed by atoms with Crippen molar-refractivity contribution in [1.29, 1.82) is 0 Å². The van der Waals surface area contributed by atoms with E-state index in [1.807, 2.05) is 0 Å². The van der Waals surface area contributed by atoms with E-state index >= 15 is 0 Å². The van der Waals surface area contributed by atoms with Crippen molar-refractivity contribution in [3.8, 4) is 0 Å². The first kappa shape index (κ1) is 20.8. The summed E-state index contributed by atoms with van der Waals surface area (Å²) in [5, 5.41) is 8.61. The molecular weight excluding hydrogens is 448 g/mol. The highest BCUT2D eigenvalue weighted by Crippen LogP contribution is 2.22. The molecule has 3 heterocycles. The molecule has 0 saturated carbocycles. The second kappa shape index (κ2) is 7.52. The number of para-hydroxylation sites is 1. The Kier molecular flexibility index (Phi) is 4.74. The van der Waals surface area contributed by atoms with Gasteiger partial charge in [-0.05, 0) is 31.2 Å². The van der Waals surface area contributed by atoms with E-state index in [-0.39, 0.29) is 22.9 Å². The van der Waals surface area contributed by atoms with Crippen LogP contribution in [-0.2, 0) is 33.2 Å². The molecule has 2 aromatic heterocycles. The molecule has 11 nitrogen and oxygen atoms in total. The van der Waals surface area contributed by atoms with Crippen molar-refractivity contribution in [2.75, 3.05) is 0 Å². The van der Waals surface area contributed by atoms with Gasteiger partial charge in [-0.25, -0.2) is 13.2 Å². The largest absolute Gasteiger partial charge is 0.456 e. The molecule has 168 valence electrons. The lowest BCUT2D eigenvalue weighted by molar-refractivity contribution is -0.146. The predicted molar refractivity (Wildman–Crippen MR) is 118 cm³/mol. The summed E-state index contributed by atoms with van der Waals surface area (Å²) in [6, 6.07) is 12.4. The minimum Gasteiger partial charge on any atom is -0.456 e. The molecule has 0 radical (unpaired) electrons. The zero-order chi connectivity index (χ0) is 23.3. The lowest BCUT2D eigenvalue weighted by atomic mass is 10.2. The number of carbonyl (C=O) groups excluding carboxylic acids is 1. The number of nitrogens with zero attached hydrogens (tertiary/aromatic N) is 5. The summed E-state index contributed by atoms with van der Waals surface area (Å²) in [6.07, 6.45) is 0. The summed E-state index contributed by atoms with van der Waals surface area (Å²) in [4.78, 5) is 29.5. The number of hydrogen-bond acceptors (Lipinski definition) is 8. The number of carbonyl (C=O) groups is 1. The van der Waals surface area contributed by atoms with Gasteiger partial charge in [0, 0.05) is 12.6 Å². The number of hydrogen-bond donors (Lipinski definition) is 1. The molecule has 0 aliphatic carbocycles. The number of benzene rings is 2. The number of fused-ring (bicyclic) bond motifs is 4. The fourth-order valence-electron chi connectivity index (χ4n) is 3.72. The third-order valence-corrected chi connectivity index (χ3v) is 6.76. The molecule has 0 unspecified atom stereocenters. The Morgan fingerprint density at radius 3 is 2.70 bits per heavy atom. The zero-order valence-corrected chi connectivity index (χ0v) is 18.4. The molecule has 0 fully saturated rings. The van der Waals surface area contributed by atoms with Crippen molar-refractivity contribution in [3.05, 3.63) is 70.3 Å². The van der Waals surface area contributed by atoms with Crippen LogP contribution in [0.5, 0.6) is 0 Å². The van der Waals surface area contributed by atoms with Crippen LogP contribution in [0.15, 0.2) is 63.2 Å². The molecule has 0 spiro atoms. The third-order valence-electron chi connectivity index (χ3n) is 5.36. The quantitative estimate of drug-likeness (QED) is 0.438. The molecule has 0 bridgehead atoms. The van der Waals surface area contributed by atoms with Gasteiger partial charge in [0.15, 0.2) is 12.4 Å². The van der Waals surface area contributed by atoms with Crippen molar-refractivity contribution in [2.45, 2.75) is 24.5 Å². The highest BCUT2D eigenvalue weighted by atomic mass is 32.2. The van der Waals surface area contributed by atoms with E-state index in [0.29, 0.717) is 28.1 Å². The van der Waals surface area contributed by atoms with E-state index < -0.39 is 22.0 Å². The number of ether oxygens (including phenoxy) is 1. The van der Waals surface area contributed by atoms with E-state index in [4.69, 9.17) is 4.74 Å². The molecule has 0 saturated heterocycles. The number of rotatable bonds is 4. The Hall–Kier alpha value is -4.06. The van der Waals surface area contributed by atoms with Gasteiger partial charge in [0.05, 0.1) is 15.8 Å². The number of nitrogens with one attached hydrogen (secondary N) is 1. The maximum Gasteiger partial charge on any atom is 0.331 e. The smallest absolute Gasteiger partial charge is 0.331 e. The number of aryl methyl sites for hydroxylation is 1. The predicted octanol–water partition coefficient (Wildman–Crippen LogP) is 0.752. The van der Waals surface area contributed by atoms with Crippen molar-refractivity contribution < 1.29 is 17.9 Å². The third kappa shape index (κ3) is 3.35. The maximum atomic E-state index is 12.6. The number of aliphatic imine (C=N–C) groups is 1. The van der Waals surface area contributed by atoms with Crippen LogP contribution in [-0.4, -0.2) is 45.4 Å².